The van der Waals surface area contributed by atoms with Crippen molar-refractivity contribution in [3.05, 3.63) is 45.3 Å². The van der Waals surface area contributed by atoms with Gasteiger partial charge >= 0.3 is 0 Å². The Morgan fingerprint density at radius 1 is 0.826 bits per heavy atom. The van der Waals surface area contributed by atoms with Gasteiger partial charge in [0.05, 0.1) is 11.4 Å². The van der Waals surface area contributed by atoms with E-state index < -0.39 is 0 Å². The maximum Gasteiger partial charge on any atom is 0.0554 e. The van der Waals surface area contributed by atoms with E-state index in [1.807, 2.05) is 11.8 Å². The fraction of sp³-hybridized carbons (Fsp3) is 0.333. The maximum absolute atomic E-state index is 3.61. The Bertz CT molecular complexity index is 677. The summed E-state index contributed by atoms with van der Waals surface area (Å²) in [5, 5.41) is 0. The van der Waals surface area contributed by atoms with Gasteiger partial charge in [-0.1, -0.05) is 43.6 Å². The Labute approximate surface area is 158 Å². The predicted molar refractivity (Wildman–Crippen MR) is 105 cm³/mol. The van der Waals surface area contributed by atoms with Crippen molar-refractivity contribution in [2.75, 3.05) is 31.1 Å². The van der Waals surface area contributed by atoms with E-state index in [1.54, 1.807) is 0 Å². The molecular weight excluding hydrogens is 436 g/mol. The monoisotopic (exact) mass is 452 g/mol. The van der Waals surface area contributed by atoms with E-state index >= 15 is 0 Å². The van der Waals surface area contributed by atoms with Crippen LogP contribution in [0.5, 0.6) is 0 Å². The van der Waals surface area contributed by atoms with Gasteiger partial charge in [-0.05, 0) is 62.3 Å². The first-order valence-electron chi connectivity index (χ1n) is 7.97. The van der Waals surface area contributed by atoms with Crippen LogP contribution in [-0.2, 0) is 0 Å². The molecule has 0 spiro atoms. The summed E-state index contributed by atoms with van der Waals surface area (Å²) in [6, 6.07) is 13.2. The number of rotatable bonds is 3. The molecule has 2 aliphatic rings. The lowest BCUT2D eigenvalue weighted by Gasteiger charge is -2.34. The van der Waals surface area contributed by atoms with E-state index in [4.69, 9.17) is 0 Å². The third-order valence-corrected chi connectivity index (χ3v) is 6.56. The second-order valence-electron chi connectivity index (χ2n) is 6.03. The molecule has 2 heterocycles. The van der Waals surface area contributed by atoms with Crippen molar-refractivity contribution < 1.29 is 0 Å². The third-order valence-electron chi connectivity index (χ3n) is 4.48. The number of hydrogen-bond donors (Lipinski definition) is 0. The smallest absolute Gasteiger partial charge is 0.0554 e. The highest BCUT2D eigenvalue weighted by atomic mass is 79.9. The van der Waals surface area contributed by atoms with Crippen LogP contribution in [0.3, 0.4) is 0 Å². The zero-order chi connectivity index (χ0) is 15.8. The van der Waals surface area contributed by atoms with E-state index in [0.29, 0.717) is 0 Å². The van der Waals surface area contributed by atoms with E-state index in [9.17, 15) is 0 Å². The number of hydrogen-bond acceptors (Lipinski definition) is 3. The second kappa shape index (κ2) is 6.79. The minimum absolute atomic E-state index is 1.05. The van der Waals surface area contributed by atoms with Crippen LogP contribution in [0.1, 0.15) is 12.8 Å². The topological polar surface area (TPSA) is 6.48 Å². The summed E-state index contributed by atoms with van der Waals surface area (Å²) in [5.74, 6) is 0. The van der Waals surface area contributed by atoms with Gasteiger partial charge in [0.2, 0.25) is 0 Å². The summed E-state index contributed by atoms with van der Waals surface area (Å²) < 4.78 is 2.28. The van der Waals surface area contributed by atoms with Crippen molar-refractivity contribution in [1.82, 2.24) is 4.90 Å². The number of halogens is 2. The number of anilines is 2. The zero-order valence-electron chi connectivity index (χ0n) is 12.8. The lowest BCUT2D eigenvalue weighted by atomic mass is 10.2. The molecule has 4 rings (SSSR count). The number of fused-ring (bicyclic) bond motifs is 2. The predicted octanol–water partition coefficient (Wildman–Crippen LogP) is 5.91. The molecule has 120 valence electrons. The molecular formula is C18H18Br2N2S. The summed E-state index contributed by atoms with van der Waals surface area (Å²) in [6.45, 7) is 4.69. The van der Waals surface area contributed by atoms with E-state index in [1.165, 1.54) is 47.1 Å². The Kier molecular flexibility index (Phi) is 4.72. The molecule has 2 aromatic carbocycles. The highest BCUT2D eigenvalue weighted by Gasteiger charge is 2.24. The average Bonchev–Trinajstić information content (AvgIpc) is 3.04. The van der Waals surface area contributed by atoms with E-state index in [0.717, 1.165) is 22.0 Å². The summed E-state index contributed by atoms with van der Waals surface area (Å²) in [5.41, 5.74) is 2.65. The van der Waals surface area contributed by atoms with Gasteiger partial charge in [0, 0.05) is 31.8 Å². The van der Waals surface area contributed by atoms with Gasteiger partial charge in [-0.15, -0.1) is 0 Å². The van der Waals surface area contributed by atoms with Crippen molar-refractivity contribution in [2.45, 2.75) is 22.6 Å². The first-order valence-corrected chi connectivity index (χ1v) is 10.4. The summed E-state index contributed by atoms with van der Waals surface area (Å²) in [4.78, 5) is 7.72. The highest BCUT2D eigenvalue weighted by Crippen LogP contribution is 2.49. The molecule has 0 atom stereocenters. The normalized spacial score (nSPS) is 17.2. The van der Waals surface area contributed by atoms with Crippen molar-refractivity contribution >= 4 is 55.0 Å². The van der Waals surface area contributed by atoms with Crippen molar-refractivity contribution in [3.63, 3.8) is 0 Å². The molecule has 0 unspecified atom stereocenters. The van der Waals surface area contributed by atoms with Gasteiger partial charge in [-0.3, -0.25) is 0 Å². The largest absolute Gasteiger partial charge is 0.338 e. The Morgan fingerprint density at radius 2 is 1.39 bits per heavy atom. The van der Waals surface area contributed by atoms with E-state index in [-0.39, 0.29) is 0 Å². The first kappa shape index (κ1) is 16.0. The molecule has 0 N–H and O–H groups in total. The molecule has 0 bridgehead atoms. The number of benzene rings is 2. The second-order valence-corrected chi connectivity index (χ2v) is 8.94. The molecule has 0 amide bonds. The van der Waals surface area contributed by atoms with Gasteiger partial charge in [0.1, 0.15) is 0 Å². The molecule has 0 aromatic heterocycles. The molecule has 2 aromatic rings. The van der Waals surface area contributed by atoms with Crippen LogP contribution in [0.15, 0.2) is 55.1 Å². The fourth-order valence-electron chi connectivity index (χ4n) is 3.32. The molecule has 2 nitrogen and oxygen atoms in total. The minimum Gasteiger partial charge on any atom is -0.338 e. The van der Waals surface area contributed by atoms with Crippen LogP contribution in [0.4, 0.5) is 11.4 Å². The molecule has 0 saturated carbocycles. The molecule has 23 heavy (non-hydrogen) atoms. The number of likely N-dealkylation sites (tertiary alicyclic amines) is 1. The average molecular weight is 454 g/mol. The molecule has 1 fully saturated rings. The Balaban J connectivity index is 1.68. The lowest BCUT2D eigenvalue weighted by Crippen LogP contribution is -2.32. The summed E-state index contributed by atoms with van der Waals surface area (Å²) in [7, 11) is 0. The molecule has 2 aliphatic heterocycles. The maximum atomic E-state index is 3.61. The quantitative estimate of drug-likeness (QED) is 0.570. The zero-order valence-corrected chi connectivity index (χ0v) is 16.8. The SMILES string of the molecule is Brc1ccc2c(c1)Sc1cc(Br)ccc1N2CCN1CCCC1. The highest BCUT2D eigenvalue weighted by molar-refractivity contribution is 9.10. The summed E-state index contributed by atoms with van der Waals surface area (Å²) >= 11 is 9.07. The molecule has 1 saturated heterocycles. The lowest BCUT2D eigenvalue weighted by molar-refractivity contribution is 0.348. The molecule has 0 aliphatic carbocycles. The van der Waals surface area contributed by atoms with Gasteiger partial charge in [-0.25, -0.2) is 0 Å². The van der Waals surface area contributed by atoms with Crippen molar-refractivity contribution in [1.29, 1.82) is 0 Å². The van der Waals surface area contributed by atoms with Crippen molar-refractivity contribution in [2.24, 2.45) is 0 Å². The van der Waals surface area contributed by atoms with Crippen LogP contribution in [0.25, 0.3) is 0 Å². The molecule has 5 heteroatoms. The van der Waals surface area contributed by atoms with Gasteiger partial charge in [0.15, 0.2) is 0 Å². The Hall–Kier alpha value is -0.490. The first-order chi connectivity index (χ1) is 11.2. The van der Waals surface area contributed by atoms with Gasteiger partial charge in [-0.2, -0.15) is 0 Å². The van der Waals surface area contributed by atoms with E-state index in [2.05, 4.69) is 78.1 Å². The summed E-state index contributed by atoms with van der Waals surface area (Å²) in [6.07, 6.45) is 2.70. The third kappa shape index (κ3) is 3.34. The standard InChI is InChI=1S/C18H18Br2N2S/c19-13-3-5-15-17(11-13)23-18-12-14(20)4-6-16(18)22(15)10-9-21-7-1-2-8-21/h3-6,11-12H,1-2,7-10H2. The van der Waals surface area contributed by atoms with Crippen LogP contribution >= 0.6 is 43.6 Å². The van der Waals surface area contributed by atoms with Crippen LogP contribution in [0, 0.1) is 0 Å². The fourth-order valence-corrected chi connectivity index (χ4v) is 5.52. The van der Waals surface area contributed by atoms with Crippen LogP contribution in [0.2, 0.25) is 0 Å². The molecule has 0 radical (unpaired) electrons. The number of nitrogens with zero attached hydrogens (tertiary/aromatic N) is 2. The van der Waals surface area contributed by atoms with Gasteiger partial charge in [0.25, 0.3) is 0 Å². The van der Waals surface area contributed by atoms with Crippen LogP contribution in [-0.4, -0.2) is 31.1 Å². The van der Waals surface area contributed by atoms with Crippen molar-refractivity contribution in [3.8, 4) is 0 Å². The Morgan fingerprint density at radius 3 is 1.96 bits per heavy atom. The van der Waals surface area contributed by atoms with Crippen LogP contribution < -0.4 is 4.90 Å². The minimum atomic E-state index is 1.05. The van der Waals surface area contributed by atoms with Gasteiger partial charge < -0.3 is 9.80 Å².